The lowest BCUT2D eigenvalue weighted by molar-refractivity contribution is -0.156. The summed E-state index contributed by atoms with van der Waals surface area (Å²) in [5, 5.41) is 13.8. The predicted molar refractivity (Wildman–Crippen MR) is 189 cm³/mol. The Bertz CT molecular complexity index is 1980. The third-order valence-corrected chi connectivity index (χ3v) is 13.2. The first-order valence-electron chi connectivity index (χ1n) is 16.9. The van der Waals surface area contributed by atoms with Gasteiger partial charge in [0.05, 0.1) is 29.0 Å². The fourth-order valence-corrected chi connectivity index (χ4v) is 11.7. The van der Waals surface area contributed by atoms with Gasteiger partial charge in [-0.2, -0.15) is 0 Å². The van der Waals surface area contributed by atoms with Gasteiger partial charge < -0.3 is 24.9 Å². The highest BCUT2D eigenvalue weighted by atomic mass is 35.5. The molecule has 2 aliphatic heterocycles. The molecule has 268 valence electrons. The molecule has 0 radical (unpaired) electrons. The van der Waals surface area contributed by atoms with Gasteiger partial charge in [-0.05, 0) is 85.9 Å². The molecule has 2 aromatic carbocycles. The monoisotopic (exact) mass is 753 g/mol. The molecule has 3 N–H and O–H groups in total. The van der Waals surface area contributed by atoms with Gasteiger partial charge in [0.2, 0.25) is 11.8 Å². The Kier molecular flexibility index (Phi) is 9.52. The number of aliphatic carboxylic acids is 1. The number of esters is 1. The third kappa shape index (κ3) is 6.24. The number of hydrogen-bond donors (Lipinski definition) is 3. The number of thioether (sulfide) groups is 1. The molecule has 51 heavy (non-hydrogen) atoms. The summed E-state index contributed by atoms with van der Waals surface area (Å²) < 4.78 is 11.1. The molecule has 2 saturated carbocycles. The summed E-state index contributed by atoms with van der Waals surface area (Å²) >= 11 is 9.16. The number of hydrogen-bond acceptors (Lipinski definition) is 10. The molecular weight excluding hydrogens is 718 g/mol. The lowest BCUT2D eigenvalue weighted by atomic mass is 9.68. The van der Waals surface area contributed by atoms with E-state index in [4.69, 9.17) is 21.1 Å². The van der Waals surface area contributed by atoms with Gasteiger partial charge in [0, 0.05) is 32.3 Å². The van der Waals surface area contributed by atoms with E-state index in [1.54, 1.807) is 49.4 Å². The van der Waals surface area contributed by atoms with Gasteiger partial charge in [0.1, 0.15) is 11.8 Å². The average Bonchev–Trinajstić information content (AvgIpc) is 3.82. The van der Waals surface area contributed by atoms with Crippen molar-refractivity contribution >= 4 is 70.0 Å². The Morgan fingerprint density at radius 1 is 1.06 bits per heavy atom. The number of nitrogens with zero attached hydrogens (tertiary/aromatic N) is 1. The molecule has 1 saturated heterocycles. The minimum Gasteiger partial charge on any atom is -0.483 e. The average molecular weight is 754 g/mol. The number of fused-ring (bicyclic) bond motifs is 9. The maximum Gasteiger partial charge on any atom is 0.338 e. The fourth-order valence-electron chi connectivity index (χ4n) is 8.60. The molecule has 2 aliphatic carbocycles. The maximum atomic E-state index is 14.1. The SMILES string of the molecule is CCOC(=O)c1ccc(NC(=O)COc2ccc(Cl)cc2[C@H]2c3sc(=O)[nH]c3SC3C4CC(C5C(=O)N(C(CC(C)C)C(=O)O)C(=O)C45)C32)cc1. The number of likely N-dealkylation sites (tertiary alicyclic amines) is 1. The summed E-state index contributed by atoms with van der Waals surface area (Å²) in [7, 11) is 0. The number of halogens is 1. The number of carboxylic acid groups (broad SMARTS) is 1. The number of ether oxygens (including phenoxy) is 2. The molecule has 3 amide bonds. The van der Waals surface area contributed by atoms with Crippen LogP contribution in [0, 0.1) is 35.5 Å². The van der Waals surface area contributed by atoms with Crippen LogP contribution in [-0.2, 0) is 23.9 Å². The molecule has 15 heteroatoms. The van der Waals surface area contributed by atoms with E-state index in [2.05, 4.69) is 10.3 Å². The van der Waals surface area contributed by atoms with Gasteiger partial charge in [0.25, 0.3) is 5.91 Å². The van der Waals surface area contributed by atoms with Crippen molar-refractivity contribution in [3.05, 3.63) is 73.2 Å². The first-order valence-corrected chi connectivity index (χ1v) is 18.9. The van der Waals surface area contributed by atoms with Gasteiger partial charge in [-0.15, -0.1) is 11.8 Å². The van der Waals surface area contributed by atoms with Gasteiger partial charge in [0.15, 0.2) is 6.61 Å². The van der Waals surface area contributed by atoms with Crippen LogP contribution in [-0.4, -0.2) is 69.2 Å². The van der Waals surface area contributed by atoms with Crippen LogP contribution < -0.4 is 14.9 Å². The Labute approximate surface area is 306 Å². The van der Waals surface area contributed by atoms with Crippen LogP contribution in [0.2, 0.25) is 5.02 Å². The zero-order valence-corrected chi connectivity index (χ0v) is 30.3. The van der Waals surface area contributed by atoms with E-state index >= 15 is 0 Å². The predicted octanol–water partition coefficient (Wildman–Crippen LogP) is 5.26. The van der Waals surface area contributed by atoms with Crippen molar-refractivity contribution < 1.29 is 38.6 Å². The first kappa shape index (κ1) is 35.3. The van der Waals surface area contributed by atoms with Crippen LogP contribution in [0.25, 0.3) is 0 Å². The van der Waals surface area contributed by atoms with Crippen molar-refractivity contribution in [3.63, 3.8) is 0 Å². The van der Waals surface area contributed by atoms with Crippen LogP contribution in [0.3, 0.4) is 0 Å². The van der Waals surface area contributed by atoms with E-state index in [0.717, 1.165) is 21.1 Å². The van der Waals surface area contributed by atoms with Crippen molar-refractivity contribution in [1.82, 2.24) is 9.88 Å². The minimum atomic E-state index is -1.23. The highest BCUT2D eigenvalue weighted by Gasteiger charge is 2.70. The third-order valence-electron chi connectivity index (χ3n) is 10.4. The van der Waals surface area contributed by atoms with E-state index in [1.807, 2.05) is 13.8 Å². The van der Waals surface area contributed by atoms with E-state index in [-0.39, 0.29) is 53.4 Å². The number of carbonyl (C=O) groups is 5. The van der Waals surface area contributed by atoms with Crippen LogP contribution in [0.1, 0.15) is 60.3 Å². The lowest BCUT2D eigenvalue weighted by Crippen LogP contribution is -2.47. The van der Waals surface area contributed by atoms with Crippen molar-refractivity contribution in [2.75, 3.05) is 18.5 Å². The summed E-state index contributed by atoms with van der Waals surface area (Å²) in [4.78, 5) is 82.6. The Hall–Kier alpha value is -4.14. The second-order valence-corrected chi connectivity index (χ2v) is 16.4. The van der Waals surface area contributed by atoms with Crippen LogP contribution in [0.4, 0.5) is 5.69 Å². The normalized spacial score (nSPS) is 26.5. The molecule has 3 aromatic rings. The summed E-state index contributed by atoms with van der Waals surface area (Å²) in [6, 6.07) is 10.1. The molecular formula is C36H36ClN3O9S2. The fraction of sp³-hybridized carbons (Fsp3) is 0.444. The number of anilines is 1. The second-order valence-electron chi connectivity index (χ2n) is 13.8. The molecule has 12 nitrogen and oxygen atoms in total. The molecule has 1 aromatic heterocycles. The minimum absolute atomic E-state index is 0.0422. The van der Waals surface area contributed by atoms with Crippen molar-refractivity contribution in [2.24, 2.45) is 35.5 Å². The standard InChI is InChI=1S/C36H36ClN3O9S2/c1-4-48-35(46)16-5-8-18(9-6-16)38-24(41)14-49-23-10-7-17(37)12-19(23)25-26-20-13-21(29(26)50-31-30(25)51-36(47)39-31)28-27(20)32(42)40(33(28)43)22(34(44)45)11-15(2)3/h5-10,12,15,20-22,25-29H,4,11,13-14H2,1-3H3,(H,38,41)(H,39,47)(H,44,45)/t20?,21?,22?,25-,26?,27?,28?,29?/m1/s1. The molecule has 8 atom stereocenters. The molecule has 7 rings (SSSR count). The van der Waals surface area contributed by atoms with Gasteiger partial charge in [-0.25, -0.2) is 9.59 Å². The number of aromatic nitrogens is 1. The Morgan fingerprint density at radius 3 is 2.43 bits per heavy atom. The summed E-state index contributed by atoms with van der Waals surface area (Å²) in [6.45, 7) is 5.33. The number of rotatable bonds is 11. The van der Waals surface area contributed by atoms with Gasteiger partial charge in [-0.1, -0.05) is 36.8 Å². The first-order chi connectivity index (χ1) is 24.4. The number of nitrogens with one attached hydrogen (secondary N) is 2. The lowest BCUT2D eigenvalue weighted by Gasteiger charge is -2.43. The highest BCUT2D eigenvalue weighted by molar-refractivity contribution is 8.00. The van der Waals surface area contributed by atoms with E-state index < -0.39 is 53.5 Å². The quantitative estimate of drug-likeness (QED) is 0.173. The summed E-state index contributed by atoms with van der Waals surface area (Å²) in [5.41, 5.74) is 1.47. The van der Waals surface area contributed by atoms with E-state index in [1.165, 1.54) is 11.8 Å². The Morgan fingerprint density at radius 2 is 1.76 bits per heavy atom. The van der Waals surface area contributed by atoms with Gasteiger partial charge in [-0.3, -0.25) is 24.1 Å². The molecule has 0 spiro atoms. The largest absolute Gasteiger partial charge is 0.483 e. The molecule has 7 unspecified atom stereocenters. The topological polar surface area (TPSA) is 172 Å². The molecule has 4 aliphatic rings. The number of amides is 3. The summed E-state index contributed by atoms with van der Waals surface area (Å²) in [6.07, 6.45) is 0.786. The molecule has 3 fully saturated rings. The number of H-pyrrole nitrogens is 1. The van der Waals surface area contributed by atoms with Crippen molar-refractivity contribution in [3.8, 4) is 5.75 Å². The molecule has 2 bridgehead atoms. The number of imide groups is 1. The van der Waals surface area contributed by atoms with E-state index in [0.29, 0.717) is 39.0 Å². The number of thiazole rings is 1. The smallest absolute Gasteiger partial charge is 0.338 e. The van der Waals surface area contributed by atoms with Crippen molar-refractivity contribution in [1.29, 1.82) is 0 Å². The maximum absolute atomic E-state index is 14.1. The number of carboxylic acids is 1. The van der Waals surface area contributed by atoms with Gasteiger partial charge >= 0.3 is 16.8 Å². The van der Waals surface area contributed by atoms with E-state index in [9.17, 15) is 33.9 Å². The zero-order chi connectivity index (χ0) is 36.3. The van der Waals surface area contributed by atoms with Crippen LogP contribution >= 0.6 is 34.7 Å². The van der Waals surface area contributed by atoms with Crippen LogP contribution in [0.15, 0.2) is 52.3 Å². The highest BCUT2D eigenvalue weighted by Crippen LogP contribution is 2.69. The van der Waals surface area contributed by atoms with Crippen LogP contribution in [0.5, 0.6) is 5.75 Å². The second kappa shape index (κ2) is 13.8. The number of aromatic amines is 1. The summed E-state index contributed by atoms with van der Waals surface area (Å²) in [5.74, 6) is -5.00. The number of carbonyl (C=O) groups excluding carboxylic acids is 4. The van der Waals surface area contributed by atoms with Crippen molar-refractivity contribution in [2.45, 2.75) is 55.8 Å². The Balaban J connectivity index is 1.17. The number of benzene rings is 2. The molecule has 3 heterocycles. The zero-order valence-electron chi connectivity index (χ0n) is 27.9.